The quantitative estimate of drug-likeness (QED) is 0.286. The van der Waals surface area contributed by atoms with Crippen LogP contribution < -0.4 is 9.47 Å². The van der Waals surface area contributed by atoms with Gasteiger partial charge in [-0.25, -0.2) is 4.98 Å². The number of fused-ring (bicyclic) bond motifs is 1. The first kappa shape index (κ1) is 21.9. The first-order chi connectivity index (χ1) is 15.5. The molecule has 7 heteroatoms. The summed E-state index contributed by atoms with van der Waals surface area (Å²) in [6.07, 6.45) is 1.76. The van der Waals surface area contributed by atoms with Crippen molar-refractivity contribution in [2.75, 3.05) is 7.11 Å². The Morgan fingerprint density at radius 1 is 1.22 bits per heavy atom. The number of nitrogens with one attached hydrogen (secondary N) is 1. The van der Waals surface area contributed by atoms with Crippen LogP contribution in [0.2, 0.25) is 5.02 Å². The molecule has 0 bridgehead atoms. The zero-order chi connectivity index (χ0) is 22.7. The standard InChI is InChI=1S/C25H19BrClN3O2/c1-15-7-8-21-22(9-15)30-25(29-21)18(13-28)10-16-11-19(26)24(23(12-16)31-2)32-14-17-5-3-4-6-20(17)27/h3-12H,14H2,1-2H3,(H,29,30)/b18-10+. The molecule has 0 spiro atoms. The number of hydrogen-bond acceptors (Lipinski definition) is 4. The Kier molecular flexibility index (Phi) is 6.50. The highest BCUT2D eigenvalue weighted by atomic mass is 79.9. The maximum absolute atomic E-state index is 9.75. The fourth-order valence-electron chi connectivity index (χ4n) is 3.30. The van der Waals surface area contributed by atoms with Crippen LogP contribution in [-0.2, 0) is 6.61 Å². The Bertz CT molecular complexity index is 1370. The molecule has 0 fully saturated rings. The maximum atomic E-state index is 9.75. The number of aromatic nitrogens is 2. The van der Waals surface area contributed by atoms with Crippen molar-refractivity contribution >= 4 is 50.2 Å². The van der Waals surface area contributed by atoms with Gasteiger partial charge in [-0.2, -0.15) is 5.26 Å². The zero-order valence-electron chi connectivity index (χ0n) is 17.4. The van der Waals surface area contributed by atoms with Crippen molar-refractivity contribution in [1.29, 1.82) is 5.26 Å². The second kappa shape index (κ2) is 9.47. The molecule has 4 aromatic rings. The van der Waals surface area contributed by atoms with Gasteiger partial charge in [0.1, 0.15) is 18.5 Å². The van der Waals surface area contributed by atoms with Gasteiger partial charge in [0.25, 0.3) is 0 Å². The average Bonchev–Trinajstić information content (AvgIpc) is 3.20. The summed E-state index contributed by atoms with van der Waals surface area (Å²) in [5.74, 6) is 1.61. The maximum Gasteiger partial charge on any atom is 0.175 e. The molecular formula is C25H19BrClN3O2. The lowest BCUT2D eigenvalue weighted by Gasteiger charge is -2.14. The van der Waals surface area contributed by atoms with E-state index in [-0.39, 0.29) is 0 Å². The molecule has 1 aromatic heterocycles. The van der Waals surface area contributed by atoms with Crippen LogP contribution >= 0.6 is 27.5 Å². The van der Waals surface area contributed by atoms with Gasteiger partial charge in [-0.3, -0.25) is 0 Å². The molecular weight excluding hydrogens is 490 g/mol. The molecule has 160 valence electrons. The molecule has 4 rings (SSSR count). The molecule has 32 heavy (non-hydrogen) atoms. The number of H-pyrrole nitrogens is 1. The Balaban J connectivity index is 1.65. The second-order valence-electron chi connectivity index (χ2n) is 7.19. The van der Waals surface area contributed by atoms with Crippen LogP contribution in [0.15, 0.2) is 59.1 Å². The van der Waals surface area contributed by atoms with E-state index in [1.165, 1.54) is 0 Å². The summed E-state index contributed by atoms with van der Waals surface area (Å²) in [6, 6.07) is 19.4. The lowest BCUT2D eigenvalue weighted by Crippen LogP contribution is -1.99. The molecule has 0 saturated carbocycles. The summed E-state index contributed by atoms with van der Waals surface area (Å²) >= 11 is 9.79. The number of rotatable bonds is 6. The van der Waals surface area contributed by atoms with E-state index in [9.17, 15) is 5.26 Å². The monoisotopic (exact) mass is 507 g/mol. The number of nitriles is 1. The van der Waals surface area contributed by atoms with Crippen LogP contribution in [0.5, 0.6) is 11.5 Å². The molecule has 0 aliphatic rings. The topological polar surface area (TPSA) is 70.9 Å². The van der Waals surface area contributed by atoms with E-state index in [2.05, 4.69) is 32.0 Å². The number of aryl methyl sites for hydroxylation is 1. The number of allylic oxidation sites excluding steroid dienone is 1. The van der Waals surface area contributed by atoms with Gasteiger partial charge >= 0.3 is 0 Å². The van der Waals surface area contributed by atoms with E-state index >= 15 is 0 Å². The summed E-state index contributed by atoms with van der Waals surface area (Å²) in [6.45, 7) is 2.31. The molecule has 5 nitrogen and oxygen atoms in total. The number of hydrogen-bond donors (Lipinski definition) is 1. The third kappa shape index (κ3) is 4.64. The number of nitrogens with zero attached hydrogens (tertiary/aromatic N) is 2. The van der Waals surface area contributed by atoms with Gasteiger partial charge in [0.15, 0.2) is 11.5 Å². The largest absolute Gasteiger partial charge is 0.493 e. The third-order valence-corrected chi connectivity index (χ3v) is 5.86. The Labute approximate surface area is 199 Å². The van der Waals surface area contributed by atoms with Crippen LogP contribution in [0.4, 0.5) is 0 Å². The summed E-state index contributed by atoms with van der Waals surface area (Å²) in [5, 5.41) is 10.4. The Morgan fingerprint density at radius 2 is 2.03 bits per heavy atom. The number of benzene rings is 3. The molecule has 1 heterocycles. The molecule has 0 atom stereocenters. The lowest BCUT2D eigenvalue weighted by molar-refractivity contribution is 0.282. The first-order valence-electron chi connectivity index (χ1n) is 9.80. The van der Waals surface area contributed by atoms with Crippen LogP contribution in [0.25, 0.3) is 22.7 Å². The van der Waals surface area contributed by atoms with Crippen LogP contribution in [-0.4, -0.2) is 17.1 Å². The summed E-state index contributed by atoms with van der Waals surface area (Å²) in [7, 11) is 1.57. The van der Waals surface area contributed by atoms with Crippen LogP contribution in [0.3, 0.4) is 0 Å². The Hall–Kier alpha value is -3.27. The minimum atomic E-state index is 0.297. The van der Waals surface area contributed by atoms with Gasteiger partial charge in [-0.1, -0.05) is 35.9 Å². The fourth-order valence-corrected chi connectivity index (χ4v) is 4.06. The van der Waals surface area contributed by atoms with Crippen molar-refractivity contribution in [2.24, 2.45) is 0 Å². The predicted molar refractivity (Wildman–Crippen MR) is 131 cm³/mol. The van der Waals surface area contributed by atoms with Gasteiger partial charge in [0, 0.05) is 10.6 Å². The van der Waals surface area contributed by atoms with Gasteiger partial charge < -0.3 is 14.5 Å². The first-order valence-corrected chi connectivity index (χ1v) is 11.0. The molecule has 3 aromatic carbocycles. The van der Waals surface area contributed by atoms with Gasteiger partial charge in [-0.05, 0) is 70.4 Å². The second-order valence-corrected chi connectivity index (χ2v) is 8.45. The Morgan fingerprint density at radius 3 is 2.78 bits per heavy atom. The van der Waals surface area contributed by atoms with Crippen molar-refractivity contribution in [3.05, 3.63) is 86.6 Å². The van der Waals surface area contributed by atoms with Crippen molar-refractivity contribution in [1.82, 2.24) is 9.97 Å². The van der Waals surface area contributed by atoms with Gasteiger partial charge in [0.2, 0.25) is 0 Å². The molecule has 0 unspecified atom stereocenters. The van der Waals surface area contributed by atoms with Crippen molar-refractivity contribution < 1.29 is 9.47 Å². The predicted octanol–water partition coefficient (Wildman–Crippen LogP) is 6.94. The summed E-state index contributed by atoms with van der Waals surface area (Å²) in [5.41, 5.74) is 4.89. The SMILES string of the molecule is COc1cc(/C=C(\C#N)c2nc3ccc(C)cc3[nH]2)cc(Br)c1OCc1ccccc1Cl. The van der Waals surface area contributed by atoms with Gasteiger partial charge in [-0.15, -0.1) is 0 Å². The highest BCUT2D eigenvalue weighted by Gasteiger charge is 2.14. The van der Waals surface area contributed by atoms with E-state index in [0.29, 0.717) is 39.0 Å². The number of aromatic amines is 1. The van der Waals surface area contributed by atoms with Crippen molar-refractivity contribution in [2.45, 2.75) is 13.5 Å². The number of methoxy groups -OCH3 is 1. The number of imidazole rings is 1. The molecule has 0 radical (unpaired) electrons. The smallest absolute Gasteiger partial charge is 0.175 e. The average molecular weight is 509 g/mol. The summed E-state index contributed by atoms with van der Waals surface area (Å²) < 4.78 is 12.2. The molecule has 0 saturated heterocycles. The highest BCUT2D eigenvalue weighted by molar-refractivity contribution is 9.10. The lowest BCUT2D eigenvalue weighted by atomic mass is 10.1. The normalized spacial score (nSPS) is 11.4. The van der Waals surface area contributed by atoms with E-state index < -0.39 is 0 Å². The van der Waals surface area contributed by atoms with E-state index in [1.54, 1.807) is 13.2 Å². The molecule has 0 amide bonds. The van der Waals surface area contributed by atoms with Crippen molar-refractivity contribution in [3.8, 4) is 17.6 Å². The number of ether oxygens (including phenoxy) is 2. The van der Waals surface area contributed by atoms with Crippen LogP contribution in [0.1, 0.15) is 22.5 Å². The highest BCUT2D eigenvalue weighted by Crippen LogP contribution is 2.38. The minimum Gasteiger partial charge on any atom is -0.493 e. The van der Waals surface area contributed by atoms with Crippen LogP contribution in [0, 0.1) is 18.3 Å². The molecule has 0 aliphatic carbocycles. The number of halogens is 2. The van der Waals surface area contributed by atoms with Crippen molar-refractivity contribution in [3.63, 3.8) is 0 Å². The molecule has 1 N–H and O–H groups in total. The summed E-state index contributed by atoms with van der Waals surface area (Å²) in [4.78, 5) is 7.77. The van der Waals surface area contributed by atoms with Gasteiger partial charge in [0.05, 0.1) is 28.2 Å². The zero-order valence-corrected chi connectivity index (χ0v) is 19.8. The van der Waals surface area contributed by atoms with E-state index in [1.807, 2.05) is 61.5 Å². The fraction of sp³-hybridized carbons (Fsp3) is 0.120. The third-order valence-electron chi connectivity index (χ3n) is 4.91. The van der Waals surface area contributed by atoms with E-state index in [4.69, 9.17) is 21.1 Å². The minimum absolute atomic E-state index is 0.297. The van der Waals surface area contributed by atoms with E-state index in [0.717, 1.165) is 27.7 Å². The molecule has 0 aliphatic heterocycles.